The zero-order valence-electron chi connectivity index (χ0n) is 18.5. The van der Waals surface area contributed by atoms with E-state index in [1.807, 2.05) is 0 Å². The van der Waals surface area contributed by atoms with E-state index in [-0.39, 0.29) is 0 Å². The number of benzene rings is 2. The number of hydrogen-bond acceptors (Lipinski definition) is 5. The third-order valence-electron chi connectivity index (χ3n) is 6.65. The fourth-order valence-corrected chi connectivity index (χ4v) is 5.87. The van der Waals surface area contributed by atoms with Crippen LogP contribution in [0.4, 0.5) is 0 Å². The lowest BCUT2D eigenvalue weighted by Gasteiger charge is -2.20. The monoisotopic (exact) mass is 433 g/mol. The molecule has 1 fully saturated rings. The van der Waals surface area contributed by atoms with Crippen LogP contribution in [0.25, 0.3) is 4.91 Å². The summed E-state index contributed by atoms with van der Waals surface area (Å²) in [6, 6.07) is 18.0. The maximum absolute atomic E-state index is 6.01. The molecular weight excluding hydrogens is 402 g/mol. The molecule has 3 aliphatic rings. The second-order valence-electron chi connectivity index (χ2n) is 8.72. The van der Waals surface area contributed by atoms with Crippen LogP contribution in [0.5, 0.6) is 5.75 Å². The van der Waals surface area contributed by atoms with Gasteiger partial charge >= 0.3 is 0 Å². The van der Waals surface area contributed by atoms with Crippen LogP contribution in [-0.4, -0.2) is 40.7 Å². The molecule has 5 rings (SSSR count). The minimum Gasteiger partial charge on any atom is -0.494 e. The van der Waals surface area contributed by atoms with Gasteiger partial charge < -0.3 is 14.5 Å². The second kappa shape index (κ2) is 9.09. The lowest BCUT2D eigenvalue weighted by Crippen LogP contribution is -2.28. The van der Waals surface area contributed by atoms with Gasteiger partial charge in [0.2, 0.25) is 0 Å². The molecule has 1 saturated heterocycles. The first kappa shape index (κ1) is 20.7. The Balaban J connectivity index is 1.21. The van der Waals surface area contributed by atoms with Crippen molar-refractivity contribution in [2.24, 2.45) is 4.99 Å². The number of amidine groups is 1. The van der Waals surface area contributed by atoms with Crippen molar-refractivity contribution < 1.29 is 4.74 Å². The van der Waals surface area contributed by atoms with E-state index in [1.54, 1.807) is 11.8 Å². The molecule has 0 aromatic heterocycles. The van der Waals surface area contributed by atoms with E-state index in [9.17, 15) is 0 Å². The lowest BCUT2D eigenvalue weighted by molar-refractivity contribution is 0.230. The number of likely N-dealkylation sites (tertiary alicyclic amines) is 1. The quantitative estimate of drug-likeness (QED) is 0.543. The Morgan fingerprint density at radius 2 is 1.90 bits per heavy atom. The topological polar surface area (TPSA) is 28.1 Å². The molecule has 0 bridgehead atoms. The van der Waals surface area contributed by atoms with Gasteiger partial charge in [0.25, 0.3) is 0 Å². The van der Waals surface area contributed by atoms with Crippen molar-refractivity contribution in [1.82, 2.24) is 9.80 Å². The first-order valence-electron chi connectivity index (χ1n) is 11.4. The van der Waals surface area contributed by atoms with E-state index in [4.69, 9.17) is 9.73 Å². The Bertz CT molecular complexity index is 998. The van der Waals surface area contributed by atoms with Gasteiger partial charge in [-0.05, 0) is 80.2 Å². The molecule has 0 aliphatic carbocycles. The zero-order chi connectivity index (χ0) is 21.2. The van der Waals surface area contributed by atoms with Crippen LogP contribution in [0.2, 0.25) is 0 Å². The van der Waals surface area contributed by atoms with Gasteiger partial charge in [-0.3, -0.25) is 4.99 Å². The van der Waals surface area contributed by atoms with E-state index < -0.39 is 0 Å². The van der Waals surface area contributed by atoms with Gasteiger partial charge in [0, 0.05) is 23.2 Å². The van der Waals surface area contributed by atoms with Crippen molar-refractivity contribution in [2.45, 2.75) is 52.2 Å². The Labute approximate surface area is 190 Å². The lowest BCUT2D eigenvalue weighted by atomic mass is 10.1. The molecule has 0 spiro atoms. The summed E-state index contributed by atoms with van der Waals surface area (Å²) < 4.78 is 6.01. The molecular formula is C26H31N3OS. The third-order valence-corrected chi connectivity index (χ3v) is 7.92. The summed E-state index contributed by atoms with van der Waals surface area (Å²) in [4.78, 5) is 11.1. The molecule has 0 saturated carbocycles. The van der Waals surface area contributed by atoms with Crippen LogP contribution in [0.15, 0.2) is 59.2 Å². The van der Waals surface area contributed by atoms with E-state index in [0.717, 1.165) is 49.6 Å². The van der Waals surface area contributed by atoms with Crippen LogP contribution in [0.3, 0.4) is 0 Å². The summed E-state index contributed by atoms with van der Waals surface area (Å²) in [6.45, 7) is 9.38. The Morgan fingerprint density at radius 3 is 2.68 bits per heavy atom. The molecule has 3 heterocycles. The normalized spacial score (nSPS) is 21.0. The fraction of sp³-hybridized carbons (Fsp3) is 0.423. The highest BCUT2D eigenvalue weighted by Crippen LogP contribution is 2.43. The number of nitrogens with zero attached hydrogens (tertiary/aromatic N) is 3. The highest BCUT2D eigenvalue weighted by Gasteiger charge is 2.29. The first-order valence-corrected chi connectivity index (χ1v) is 12.3. The maximum atomic E-state index is 6.01. The standard InChI is InChI=1S/C26H31N3OS/c1-19-7-5-14-28(19)15-6-16-30-24-12-10-21(11-13-24)25-20(2)29-18-23-9-4-3-8-22(23)17-27-26(29)31-25/h3-4,8-13,19H,5-7,14-18H2,1-2H3/t19-/m1/s1. The van der Waals surface area contributed by atoms with E-state index in [2.05, 4.69) is 72.2 Å². The molecule has 0 N–H and O–H groups in total. The average Bonchev–Trinajstić information content (AvgIpc) is 3.27. The van der Waals surface area contributed by atoms with Crippen molar-refractivity contribution in [3.05, 3.63) is 70.9 Å². The average molecular weight is 434 g/mol. The Kier molecular flexibility index (Phi) is 6.06. The van der Waals surface area contributed by atoms with Crippen molar-refractivity contribution >= 4 is 21.8 Å². The highest BCUT2D eigenvalue weighted by molar-refractivity contribution is 8.22. The van der Waals surface area contributed by atoms with Crippen LogP contribution in [0.1, 0.15) is 49.8 Å². The molecule has 162 valence electrons. The van der Waals surface area contributed by atoms with Gasteiger partial charge in [0.15, 0.2) is 5.17 Å². The molecule has 3 aliphatic heterocycles. The van der Waals surface area contributed by atoms with Gasteiger partial charge in [-0.2, -0.15) is 0 Å². The largest absolute Gasteiger partial charge is 0.494 e. The summed E-state index contributed by atoms with van der Waals surface area (Å²) in [7, 11) is 0. The molecule has 0 amide bonds. The summed E-state index contributed by atoms with van der Waals surface area (Å²) in [5.41, 5.74) is 5.23. The number of hydrogen-bond donors (Lipinski definition) is 0. The number of aliphatic imine (C=N–C) groups is 1. The highest BCUT2D eigenvalue weighted by atomic mass is 32.2. The van der Waals surface area contributed by atoms with E-state index in [0.29, 0.717) is 0 Å². The summed E-state index contributed by atoms with van der Waals surface area (Å²) in [5, 5.41) is 1.11. The molecule has 31 heavy (non-hydrogen) atoms. The van der Waals surface area contributed by atoms with Gasteiger partial charge in [-0.25, -0.2) is 0 Å². The second-order valence-corrected chi connectivity index (χ2v) is 9.70. The maximum Gasteiger partial charge on any atom is 0.169 e. The first-order chi connectivity index (χ1) is 15.2. The predicted octanol–water partition coefficient (Wildman–Crippen LogP) is 5.75. The predicted molar refractivity (Wildman–Crippen MR) is 130 cm³/mol. The van der Waals surface area contributed by atoms with Gasteiger partial charge in [0.1, 0.15) is 5.75 Å². The summed E-state index contributed by atoms with van der Waals surface area (Å²) in [6.07, 6.45) is 3.77. The van der Waals surface area contributed by atoms with Gasteiger partial charge in [0.05, 0.1) is 19.7 Å². The minimum absolute atomic E-state index is 0.738. The Hall–Kier alpha value is -2.24. The molecule has 4 nitrogen and oxygen atoms in total. The molecule has 2 aromatic carbocycles. The number of rotatable bonds is 6. The van der Waals surface area contributed by atoms with Crippen molar-refractivity contribution in [3.63, 3.8) is 0 Å². The molecule has 0 unspecified atom stereocenters. The minimum atomic E-state index is 0.738. The summed E-state index contributed by atoms with van der Waals surface area (Å²) in [5.74, 6) is 0.959. The van der Waals surface area contributed by atoms with E-state index in [1.165, 1.54) is 46.7 Å². The number of fused-ring (bicyclic) bond motifs is 2. The van der Waals surface area contributed by atoms with Crippen LogP contribution < -0.4 is 4.74 Å². The van der Waals surface area contributed by atoms with Gasteiger partial charge in [-0.1, -0.05) is 36.4 Å². The van der Waals surface area contributed by atoms with Crippen LogP contribution in [0, 0.1) is 0 Å². The van der Waals surface area contributed by atoms with Crippen LogP contribution in [-0.2, 0) is 13.1 Å². The molecule has 0 radical (unpaired) electrons. The van der Waals surface area contributed by atoms with Crippen molar-refractivity contribution in [2.75, 3.05) is 19.7 Å². The fourth-order valence-electron chi connectivity index (χ4n) is 4.73. The molecule has 1 atom stereocenters. The number of thioether (sulfide) groups is 1. The van der Waals surface area contributed by atoms with E-state index >= 15 is 0 Å². The van der Waals surface area contributed by atoms with Crippen molar-refractivity contribution in [3.8, 4) is 5.75 Å². The Morgan fingerprint density at radius 1 is 1.10 bits per heavy atom. The number of allylic oxidation sites excluding steroid dienone is 1. The number of ether oxygens (including phenoxy) is 1. The molecule has 5 heteroatoms. The SMILES string of the molecule is CC1=C(c2ccc(OCCCN3CCC[C@H]3C)cc2)SC2=NCc3ccccc3CN21. The zero-order valence-corrected chi connectivity index (χ0v) is 19.3. The van der Waals surface area contributed by atoms with Crippen LogP contribution >= 0.6 is 11.8 Å². The van der Waals surface area contributed by atoms with Gasteiger partial charge in [-0.15, -0.1) is 0 Å². The third kappa shape index (κ3) is 4.39. The molecule has 2 aromatic rings. The van der Waals surface area contributed by atoms with Crippen molar-refractivity contribution in [1.29, 1.82) is 0 Å². The summed E-state index contributed by atoms with van der Waals surface area (Å²) >= 11 is 1.79. The smallest absolute Gasteiger partial charge is 0.169 e.